The van der Waals surface area contributed by atoms with Gasteiger partial charge in [-0.3, -0.25) is 0 Å². The number of rotatable bonds is 3. The lowest BCUT2D eigenvalue weighted by Crippen LogP contribution is -2.58. The maximum absolute atomic E-state index is 12.2. The van der Waals surface area contributed by atoms with Gasteiger partial charge in [0.15, 0.2) is 0 Å². The summed E-state index contributed by atoms with van der Waals surface area (Å²) in [4.78, 5) is 10.8. The number of hydrogen-bond donors (Lipinski definition) is 0. The SMILES string of the molecule is C=CCOC(=O)C(Br)(C(F)(F)F)C(F)(F)F. The van der Waals surface area contributed by atoms with E-state index in [9.17, 15) is 31.1 Å². The average molecular weight is 315 g/mol. The molecule has 0 amide bonds. The Bertz CT molecular complexity index is 268. The Morgan fingerprint density at radius 3 is 1.81 bits per heavy atom. The summed E-state index contributed by atoms with van der Waals surface area (Å²) >= 11 is 1.36. The third-order valence-electron chi connectivity index (χ3n) is 1.39. The molecule has 0 saturated heterocycles. The van der Waals surface area contributed by atoms with Crippen LogP contribution < -0.4 is 0 Å². The monoisotopic (exact) mass is 314 g/mol. The van der Waals surface area contributed by atoms with Gasteiger partial charge in [-0.15, -0.1) is 0 Å². The lowest BCUT2D eigenvalue weighted by atomic mass is 10.1. The molecular weight excluding hydrogens is 310 g/mol. The Labute approximate surface area is 94.4 Å². The van der Waals surface area contributed by atoms with Crippen LogP contribution in [0.5, 0.6) is 0 Å². The zero-order chi connectivity index (χ0) is 13.2. The summed E-state index contributed by atoms with van der Waals surface area (Å²) < 4.78 is 72.2. The highest BCUT2D eigenvalue weighted by atomic mass is 79.9. The molecule has 0 unspecified atom stereocenters. The fourth-order valence-electron chi connectivity index (χ4n) is 0.626. The molecule has 0 rings (SSSR count). The molecule has 0 saturated carbocycles. The predicted molar refractivity (Wildman–Crippen MR) is 44.9 cm³/mol. The van der Waals surface area contributed by atoms with Gasteiger partial charge >= 0.3 is 22.6 Å². The van der Waals surface area contributed by atoms with E-state index in [4.69, 9.17) is 0 Å². The van der Waals surface area contributed by atoms with E-state index in [1.165, 1.54) is 15.9 Å². The molecular formula is C7H5BrF6O2. The van der Waals surface area contributed by atoms with E-state index in [0.717, 1.165) is 6.08 Å². The number of alkyl halides is 7. The molecule has 9 heteroatoms. The molecule has 2 nitrogen and oxygen atoms in total. The number of ether oxygens (including phenoxy) is 1. The van der Waals surface area contributed by atoms with Gasteiger partial charge in [0.2, 0.25) is 0 Å². The van der Waals surface area contributed by atoms with E-state index in [-0.39, 0.29) is 0 Å². The van der Waals surface area contributed by atoms with E-state index in [0.29, 0.717) is 0 Å². The Kier molecular flexibility index (Phi) is 4.43. The first-order chi connectivity index (χ1) is 6.98. The van der Waals surface area contributed by atoms with Crippen molar-refractivity contribution in [2.45, 2.75) is 16.7 Å². The third-order valence-corrected chi connectivity index (χ3v) is 2.62. The second kappa shape index (κ2) is 4.64. The molecule has 0 spiro atoms. The van der Waals surface area contributed by atoms with Gasteiger partial charge in [-0.25, -0.2) is 4.79 Å². The Hall–Kier alpha value is -0.730. The van der Waals surface area contributed by atoms with Crippen LogP contribution in [0.4, 0.5) is 26.3 Å². The van der Waals surface area contributed by atoms with Crippen molar-refractivity contribution in [2.24, 2.45) is 0 Å². The van der Waals surface area contributed by atoms with Gasteiger partial charge in [-0.05, 0) is 0 Å². The van der Waals surface area contributed by atoms with Crippen molar-refractivity contribution < 1.29 is 35.9 Å². The molecule has 0 aliphatic heterocycles. The average Bonchev–Trinajstić information content (AvgIpc) is 2.08. The zero-order valence-corrected chi connectivity index (χ0v) is 9.04. The van der Waals surface area contributed by atoms with Gasteiger partial charge in [0.1, 0.15) is 6.61 Å². The van der Waals surface area contributed by atoms with Crippen LogP contribution in [-0.4, -0.2) is 29.3 Å². The van der Waals surface area contributed by atoms with Gasteiger partial charge in [0.25, 0.3) is 0 Å². The van der Waals surface area contributed by atoms with Gasteiger partial charge in [0.05, 0.1) is 0 Å². The van der Waals surface area contributed by atoms with Crippen molar-refractivity contribution in [1.29, 1.82) is 0 Å². The first-order valence-corrected chi connectivity index (χ1v) is 4.38. The van der Waals surface area contributed by atoms with E-state index in [1.807, 2.05) is 0 Å². The quantitative estimate of drug-likeness (QED) is 0.346. The molecule has 0 aliphatic rings. The molecule has 94 valence electrons. The summed E-state index contributed by atoms with van der Waals surface area (Å²) in [7, 11) is 0. The standard InChI is InChI=1S/C7H5BrF6O2/c1-2-3-16-4(15)5(8,6(9,10)11)7(12,13)14/h2H,1,3H2. The molecule has 0 aromatic carbocycles. The topological polar surface area (TPSA) is 26.3 Å². The van der Waals surface area contributed by atoms with Crippen molar-refractivity contribution >= 4 is 21.9 Å². The summed E-state index contributed by atoms with van der Waals surface area (Å²) in [6.07, 6.45) is -10.9. The molecule has 0 fully saturated rings. The van der Waals surface area contributed by atoms with Gasteiger partial charge < -0.3 is 4.74 Å². The van der Waals surface area contributed by atoms with Crippen molar-refractivity contribution in [2.75, 3.05) is 6.61 Å². The number of halogens is 7. The Balaban J connectivity index is 5.27. The maximum Gasteiger partial charge on any atom is 0.423 e. The van der Waals surface area contributed by atoms with Crippen LogP contribution in [0.2, 0.25) is 0 Å². The third kappa shape index (κ3) is 2.69. The lowest BCUT2D eigenvalue weighted by molar-refractivity contribution is -0.262. The Morgan fingerprint density at radius 1 is 1.19 bits per heavy atom. The molecule has 0 atom stereocenters. The van der Waals surface area contributed by atoms with Crippen LogP contribution in [0, 0.1) is 0 Å². The highest BCUT2D eigenvalue weighted by Crippen LogP contribution is 2.50. The molecule has 0 bridgehead atoms. The zero-order valence-electron chi connectivity index (χ0n) is 7.45. The fourth-order valence-corrected chi connectivity index (χ4v) is 0.741. The second-order valence-corrected chi connectivity index (χ2v) is 3.73. The summed E-state index contributed by atoms with van der Waals surface area (Å²) in [5, 5.41) is 0. The van der Waals surface area contributed by atoms with E-state index in [2.05, 4.69) is 11.3 Å². The predicted octanol–water partition coefficient (Wildman–Crippen LogP) is 2.97. The van der Waals surface area contributed by atoms with Crippen LogP contribution in [0.25, 0.3) is 0 Å². The molecule has 0 radical (unpaired) electrons. The molecule has 0 heterocycles. The fraction of sp³-hybridized carbons (Fsp3) is 0.571. The number of hydrogen-bond acceptors (Lipinski definition) is 2. The largest absolute Gasteiger partial charge is 0.460 e. The number of carbonyl (C=O) groups is 1. The van der Waals surface area contributed by atoms with Crippen LogP contribution in [-0.2, 0) is 9.53 Å². The van der Waals surface area contributed by atoms with Crippen LogP contribution >= 0.6 is 15.9 Å². The summed E-state index contributed by atoms with van der Waals surface area (Å²) in [5.74, 6) is -2.48. The van der Waals surface area contributed by atoms with Gasteiger partial charge in [0, 0.05) is 0 Å². The van der Waals surface area contributed by atoms with Gasteiger partial charge in [-0.1, -0.05) is 28.6 Å². The van der Waals surface area contributed by atoms with Crippen molar-refractivity contribution in [3.05, 3.63) is 12.7 Å². The van der Waals surface area contributed by atoms with Crippen LogP contribution in [0.15, 0.2) is 12.7 Å². The highest BCUT2D eigenvalue weighted by molar-refractivity contribution is 9.10. The van der Waals surface area contributed by atoms with E-state index >= 15 is 0 Å². The normalized spacial score (nSPS) is 13.4. The second-order valence-electron chi connectivity index (χ2n) is 2.54. The van der Waals surface area contributed by atoms with Crippen molar-refractivity contribution in [3.63, 3.8) is 0 Å². The highest BCUT2D eigenvalue weighted by Gasteiger charge is 2.75. The summed E-state index contributed by atoms with van der Waals surface area (Å²) in [6, 6.07) is 0. The number of esters is 1. The minimum absolute atomic E-state index is 0.752. The van der Waals surface area contributed by atoms with Crippen LogP contribution in [0.3, 0.4) is 0 Å². The minimum atomic E-state index is -5.86. The van der Waals surface area contributed by atoms with Crippen LogP contribution in [0.1, 0.15) is 0 Å². The maximum atomic E-state index is 12.2. The van der Waals surface area contributed by atoms with E-state index in [1.54, 1.807) is 0 Å². The summed E-state index contributed by atoms with van der Waals surface area (Å²) in [6.45, 7) is 2.23. The molecule has 0 aromatic rings. The first-order valence-electron chi connectivity index (χ1n) is 3.59. The first kappa shape index (κ1) is 15.3. The molecule has 0 aliphatic carbocycles. The Morgan fingerprint density at radius 2 is 1.56 bits per heavy atom. The number of carbonyl (C=O) groups excluding carboxylic acids is 1. The van der Waals surface area contributed by atoms with Crippen molar-refractivity contribution in [1.82, 2.24) is 0 Å². The summed E-state index contributed by atoms with van der Waals surface area (Å²) in [5.41, 5.74) is 0. The molecule has 16 heavy (non-hydrogen) atoms. The van der Waals surface area contributed by atoms with Crippen molar-refractivity contribution in [3.8, 4) is 0 Å². The van der Waals surface area contributed by atoms with Gasteiger partial charge in [-0.2, -0.15) is 26.3 Å². The smallest absolute Gasteiger partial charge is 0.423 e. The minimum Gasteiger partial charge on any atom is -0.460 e. The molecule has 0 aromatic heterocycles. The molecule has 0 N–H and O–H groups in total. The van der Waals surface area contributed by atoms with E-state index < -0.39 is 29.3 Å². The lowest BCUT2D eigenvalue weighted by Gasteiger charge is -2.29.